The fourth-order valence-electron chi connectivity index (χ4n) is 0.118. The van der Waals surface area contributed by atoms with E-state index in [2.05, 4.69) is 10.5 Å². The summed E-state index contributed by atoms with van der Waals surface area (Å²) in [4.78, 5) is 0. The van der Waals surface area contributed by atoms with E-state index in [0.29, 0.717) is 13.2 Å². The van der Waals surface area contributed by atoms with Crippen molar-refractivity contribution in [3.05, 3.63) is 0 Å². The van der Waals surface area contributed by atoms with E-state index in [1.54, 1.807) is 7.11 Å². The summed E-state index contributed by atoms with van der Waals surface area (Å²) in [5.74, 6) is 0. The molecular weight excluding hydrogens is 92.1 g/mol. The van der Waals surface area contributed by atoms with Gasteiger partial charge in [0.05, 0.1) is 6.61 Å². The molecule has 0 unspecified atom stereocenters. The van der Waals surface area contributed by atoms with Crippen LogP contribution < -0.4 is 11.5 Å². The molecule has 7 heavy (non-hydrogen) atoms. The van der Waals surface area contributed by atoms with Crippen LogP contribution in [0.2, 0.25) is 0 Å². The zero-order valence-corrected chi connectivity index (χ0v) is 4.98. The molecule has 0 saturated heterocycles. The van der Waals surface area contributed by atoms with Crippen LogP contribution in [0.5, 0.6) is 0 Å². The summed E-state index contributed by atoms with van der Waals surface area (Å²) >= 11 is 0. The Morgan fingerprint density at radius 2 is 1.86 bits per heavy atom. The number of ether oxygens (including phenoxy) is 1. The lowest BCUT2D eigenvalue weighted by Gasteiger charge is -1.85. The minimum Gasteiger partial charge on any atom is -0.383 e. The van der Waals surface area contributed by atoms with Crippen LogP contribution in [0.15, 0.2) is 0 Å². The molecule has 0 aliphatic rings. The van der Waals surface area contributed by atoms with Crippen molar-refractivity contribution in [2.75, 3.05) is 27.3 Å². The molecule has 46 valence electrons. The maximum atomic E-state index is 5.01. The lowest BCUT2D eigenvalue weighted by Crippen LogP contribution is -2.05. The van der Waals surface area contributed by atoms with Gasteiger partial charge in [-0.25, -0.2) is 0 Å². The first-order valence-electron chi connectivity index (χ1n) is 2.18. The van der Waals surface area contributed by atoms with Crippen LogP contribution >= 0.6 is 0 Å². The molecule has 0 saturated carbocycles. The van der Waals surface area contributed by atoms with Crippen LogP contribution in [-0.2, 0) is 4.74 Å². The van der Waals surface area contributed by atoms with Gasteiger partial charge in [-0.1, -0.05) is 0 Å². The summed E-state index contributed by atoms with van der Waals surface area (Å²) in [5, 5.41) is 0. The Bertz CT molecular complexity index is 17.2. The first kappa shape index (κ1) is 9.99. The fourth-order valence-corrected chi connectivity index (χ4v) is 0.118. The van der Waals surface area contributed by atoms with E-state index in [1.165, 1.54) is 7.05 Å². The predicted octanol–water partition coefficient (Wildman–Crippen LogP) is -0.834. The molecule has 0 spiro atoms. The summed E-state index contributed by atoms with van der Waals surface area (Å²) in [7, 11) is 3.13. The monoisotopic (exact) mass is 106 g/mol. The quantitative estimate of drug-likeness (QED) is 0.483. The van der Waals surface area contributed by atoms with Gasteiger partial charge in [-0.15, -0.1) is 0 Å². The molecular formula is C4H14N2O. The Balaban J connectivity index is 0. The first-order valence-corrected chi connectivity index (χ1v) is 2.18. The topological polar surface area (TPSA) is 61.3 Å². The van der Waals surface area contributed by atoms with E-state index in [4.69, 9.17) is 5.73 Å². The Hall–Kier alpha value is -0.120. The van der Waals surface area contributed by atoms with Crippen LogP contribution in [0.1, 0.15) is 0 Å². The van der Waals surface area contributed by atoms with Crippen molar-refractivity contribution in [3.63, 3.8) is 0 Å². The average Bonchev–Trinajstić information content (AvgIpc) is 1.75. The predicted molar refractivity (Wildman–Crippen MR) is 31.0 cm³/mol. The van der Waals surface area contributed by atoms with E-state index in [1.807, 2.05) is 0 Å². The first-order chi connectivity index (χ1) is 3.41. The van der Waals surface area contributed by atoms with Crippen LogP contribution in [-0.4, -0.2) is 27.3 Å². The van der Waals surface area contributed by atoms with Crippen molar-refractivity contribution < 1.29 is 4.74 Å². The molecule has 0 rings (SSSR count). The second-order valence-corrected chi connectivity index (χ2v) is 0.781. The number of hydrogen-bond acceptors (Lipinski definition) is 3. The van der Waals surface area contributed by atoms with Crippen molar-refractivity contribution >= 4 is 0 Å². The minimum absolute atomic E-state index is 0.622. The summed E-state index contributed by atoms with van der Waals surface area (Å²) in [5.41, 5.74) is 9.51. The highest BCUT2D eigenvalue weighted by molar-refractivity contribution is 4.22. The average molecular weight is 106 g/mol. The molecule has 4 N–H and O–H groups in total. The van der Waals surface area contributed by atoms with Crippen LogP contribution in [0, 0.1) is 0 Å². The van der Waals surface area contributed by atoms with Gasteiger partial charge in [0, 0.05) is 13.7 Å². The highest BCUT2D eigenvalue weighted by Crippen LogP contribution is 1.53. The molecule has 3 nitrogen and oxygen atoms in total. The van der Waals surface area contributed by atoms with Crippen molar-refractivity contribution in [3.8, 4) is 0 Å². The lowest BCUT2D eigenvalue weighted by atomic mass is 10.7. The second-order valence-electron chi connectivity index (χ2n) is 0.781. The van der Waals surface area contributed by atoms with E-state index >= 15 is 0 Å². The third-order valence-electron chi connectivity index (χ3n) is 0.322. The SMILES string of the molecule is CN.COCCN. The molecule has 0 heterocycles. The molecule has 0 aromatic heterocycles. The van der Waals surface area contributed by atoms with E-state index in [-0.39, 0.29) is 0 Å². The van der Waals surface area contributed by atoms with Gasteiger partial charge in [0.2, 0.25) is 0 Å². The Labute approximate surface area is 44.6 Å². The maximum absolute atomic E-state index is 5.01. The minimum atomic E-state index is 0.622. The van der Waals surface area contributed by atoms with E-state index < -0.39 is 0 Å². The van der Waals surface area contributed by atoms with Gasteiger partial charge >= 0.3 is 0 Å². The number of methoxy groups -OCH3 is 1. The van der Waals surface area contributed by atoms with Gasteiger partial charge in [-0.05, 0) is 7.05 Å². The molecule has 0 fully saturated rings. The molecule has 0 aromatic carbocycles. The Morgan fingerprint density at radius 3 is 1.86 bits per heavy atom. The molecule has 0 bridgehead atoms. The molecule has 0 aromatic rings. The van der Waals surface area contributed by atoms with E-state index in [9.17, 15) is 0 Å². The third kappa shape index (κ3) is 25.0. The summed E-state index contributed by atoms with van der Waals surface area (Å²) in [6, 6.07) is 0. The fraction of sp³-hybridized carbons (Fsp3) is 1.00. The number of hydrogen-bond donors (Lipinski definition) is 2. The van der Waals surface area contributed by atoms with Gasteiger partial charge in [-0.3, -0.25) is 0 Å². The van der Waals surface area contributed by atoms with Gasteiger partial charge in [0.15, 0.2) is 0 Å². The highest BCUT2D eigenvalue weighted by atomic mass is 16.5. The summed E-state index contributed by atoms with van der Waals surface area (Å²) in [6.07, 6.45) is 0. The van der Waals surface area contributed by atoms with Crippen LogP contribution in [0.4, 0.5) is 0 Å². The smallest absolute Gasteiger partial charge is 0.0584 e. The summed E-state index contributed by atoms with van der Waals surface area (Å²) < 4.78 is 4.57. The Morgan fingerprint density at radius 1 is 1.43 bits per heavy atom. The maximum Gasteiger partial charge on any atom is 0.0584 e. The van der Waals surface area contributed by atoms with Crippen LogP contribution in [0.3, 0.4) is 0 Å². The summed E-state index contributed by atoms with van der Waals surface area (Å²) in [6.45, 7) is 1.29. The molecule has 0 radical (unpaired) electrons. The van der Waals surface area contributed by atoms with Gasteiger partial charge in [0.25, 0.3) is 0 Å². The van der Waals surface area contributed by atoms with E-state index in [0.717, 1.165) is 0 Å². The van der Waals surface area contributed by atoms with Crippen molar-refractivity contribution in [1.29, 1.82) is 0 Å². The lowest BCUT2D eigenvalue weighted by molar-refractivity contribution is 0.207. The zero-order chi connectivity index (χ0) is 6.12. The van der Waals surface area contributed by atoms with Crippen LogP contribution in [0.25, 0.3) is 0 Å². The Kier molecular flexibility index (Phi) is 24.1. The zero-order valence-electron chi connectivity index (χ0n) is 4.98. The highest BCUT2D eigenvalue weighted by Gasteiger charge is 1.65. The number of nitrogens with two attached hydrogens (primary N) is 2. The largest absolute Gasteiger partial charge is 0.383 e. The molecule has 0 atom stereocenters. The van der Waals surface area contributed by atoms with Gasteiger partial charge in [-0.2, -0.15) is 0 Å². The van der Waals surface area contributed by atoms with Gasteiger partial charge < -0.3 is 16.2 Å². The van der Waals surface area contributed by atoms with Crippen molar-refractivity contribution in [1.82, 2.24) is 0 Å². The van der Waals surface area contributed by atoms with Gasteiger partial charge in [0.1, 0.15) is 0 Å². The molecule has 3 heteroatoms. The standard InChI is InChI=1S/C3H9NO.CH5N/c1-5-3-2-4;1-2/h2-4H2,1H3;2H2,1H3. The molecule has 0 aliphatic heterocycles. The second kappa shape index (κ2) is 16.9. The molecule has 0 aliphatic carbocycles. The molecule has 0 amide bonds. The number of rotatable bonds is 2. The third-order valence-corrected chi connectivity index (χ3v) is 0.322. The van der Waals surface area contributed by atoms with Crippen molar-refractivity contribution in [2.24, 2.45) is 11.5 Å². The van der Waals surface area contributed by atoms with Crippen molar-refractivity contribution in [2.45, 2.75) is 0 Å². The normalized spacial score (nSPS) is 6.86.